The molecule has 0 atom stereocenters. The third kappa shape index (κ3) is 4.28. The van der Waals surface area contributed by atoms with E-state index in [0.29, 0.717) is 15.4 Å². The number of likely N-dealkylation sites (N-methyl/N-ethyl adjacent to an activating group) is 1. The molecule has 0 aliphatic heterocycles. The van der Waals surface area contributed by atoms with E-state index in [1.807, 2.05) is 6.92 Å². The summed E-state index contributed by atoms with van der Waals surface area (Å²) in [5, 5.41) is 2.44. The number of sulfonamides is 1. The summed E-state index contributed by atoms with van der Waals surface area (Å²) in [6, 6.07) is 4.92. The van der Waals surface area contributed by atoms with E-state index < -0.39 is 10.0 Å². The molecule has 1 amide bonds. The topological polar surface area (TPSA) is 66.5 Å². The van der Waals surface area contributed by atoms with Crippen LogP contribution in [0.2, 0.25) is 0 Å². The molecule has 0 aromatic heterocycles. The van der Waals surface area contributed by atoms with Gasteiger partial charge < -0.3 is 5.32 Å². The second-order valence-corrected chi connectivity index (χ2v) is 7.76. The van der Waals surface area contributed by atoms with Crippen LogP contribution in [0.1, 0.15) is 13.3 Å². The summed E-state index contributed by atoms with van der Waals surface area (Å²) in [5.74, 6) is -0.340. The minimum Gasteiger partial charge on any atom is -0.358 e. The summed E-state index contributed by atoms with van der Waals surface area (Å²) in [4.78, 5) is 11.6. The quantitative estimate of drug-likeness (QED) is 0.757. The van der Waals surface area contributed by atoms with Crippen molar-refractivity contribution in [3.8, 4) is 0 Å². The largest absolute Gasteiger partial charge is 0.358 e. The van der Waals surface area contributed by atoms with Crippen LogP contribution in [0.25, 0.3) is 0 Å². The number of carbonyl (C=O) groups is 1. The normalized spacial score (nSPS) is 11.7. The molecule has 0 unspecified atom stereocenters. The van der Waals surface area contributed by atoms with Crippen molar-refractivity contribution in [2.75, 3.05) is 20.1 Å². The lowest BCUT2D eigenvalue weighted by Crippen LogP contribution is -2.40. The van der Waals surface area contributed by atoms with Gasteiger partial charge in [-0.1, -0.05) is 22.9 Å². The standard InChI is InChI=1S/C12H16Br2N2O3S/c1-3-6-16(8-12(17)15-2)20(18,19)11-7-9(13)4-5-10(11)14/h4-5,7H,3,6,8H2,1-2H3,(H,15,17). The molecule has 1 N–H and O–H groups in total. The third-order valence-corrected chi connectivity index (χ3v) is 5.92. The summed E-state index contributed by atoms with van der Waals surface area (Å²) in [7, 11) is -2.25. The Morgan fingerprint density at radius 1 is 1.35 bits per heavy atom. The number of hydrogen-bond donors (Lipinski definition) is 1. The van der Waals surface area contributed by atoms with Crippen LogP contribution < -0.4 is 5.32 Å². The number of nitrogens with zero attached hydrogens (tertiary/aromatic N) is 1. The van der Waals surface area contributed by atoms with Crippen LogP contribution in [0, 0.1) is 0 Å². The van der Waals surface area contributed by atoms with Gasteiger partial charge in [0.2, 0.25) is 15.9 Å². The fraction of sp³-hybridized carbons (Fsp3) is 0.417. The van der Waals surface area contributed by atoms with Crippen molar-refractivity contribution in [3.63, 3.8) is 0 Å². The first-order valence-electron chi connectivity index (χ1n) is 5.98. The Balaban J connectivity index is 3.22. The number of carbonyl (C=O) groups excluding carboxylic acids is 1. The number of benzene rings is 1. The molecule has 0 fully saturated rings. The van der Waals surface area contributed by atoms with E-state index in [0.717, 1.165) is 0 Å². The number of amides is 1. The molecule has 1 aromatic rings. The monoisotopic (exact) mass is 426 g/mol. The van der Waals surface area contributed by atoms with Gasteiger partial charge in [-0.2, -0.15) is 4.31 Å². The van der Waals surface area contributed by atoms with Gasteiger partial charge in [0.1, 0.15) is 0 Å². The molecule has 5 nitrogen and oxygen atoms in total. The van der Waals surface area contributed by atoms with Crippen molar-refractivity contribution < 1.29 is 13.2 Å². The number of hydrogen-bond acceptors (Lipinski definition) is 3. The fourth-order valence-electron chi connectivity index (χ4n) is 1.59. The van der Waals surface area contributed by atoms with E-state index in [-0.39, 0.29) is 23.9 Å². The highest BCUT2D eigenvalue weighted by atomic mass is 79.9. The maximum atomic E-state index is 12.6. The molecule has 0 spiro atoms. The summed E-state index contributed by atoms with van der Waals surface area (Å²) in [6.45, 7) is 1.96. The first-order chi connectivity index (χ1) is 9.32. The number of rotatable bonds is 6. The zero-order valence-electron chi connectivity index (χ0n) is 11.2. The van der Waals surface area contributed by atoms with Crippen molar-refractivity contribution in [2.24, 2.45) is 0 Å². The Bertz CT molecular complexity index is 590. The summed E-state index contributed by atoms with van der Waals surface area (Å²) in [6.07, 6.45) is 0.627. The summed E-state index contributed by atoms with van der Waals surface area (Å²) in [5.41, 5.74) is 0. The Morgan fingerprint density at radius 2 is 2.00 bits per heavy atom. The third-order valence-electron chi connectivity index (χ3n) is 2.58. The fourth-order valence-corrected chi connectivity index (χ4v) is 4.54. The Morgan fingerprint density at radius 3 is 2.55 bits per heavy atom. The zero-order valence-corrected chi connectivity index (χ0v) is 15.2. The Hall–Kier alpha value is -0.440. The highest BCUT2D eigenvalue weighted by Gasteiger charge is 2.27. The molecular formula is C12H16Br2N2O3S. The molecular weight excluding hydrogens is 412 g/mol. The predicted octanol–water partition coefficient (Wildman–Crippen LogP) is 2.36. The van der Waals surface area contributed by atoms with E-state index in [1.54, 1.807) is 12.1 Å². The van der Waals surface area contributed by atoms with E-state index in [4.69, 9.17) is 0 Å². The zero-order chi connectivity index (χ0) is 15.3. The van der Waals surface area contributed by atoms with Gasteiger partial charge in [0.25, 0.3) is 0 Å². The Labute approximate surface area is 136 Å². The SMILES string of the molecule is CCCN(CC(=O)NC)S(=O)(=O)c1cc(Br)ccc1Br. The van der Waals surface area contributed by atoms with Gasteiger partial charge in [0.05, 0.1) is 11.4 Å². The van der Waals surface area contributed by atoms with Crippen LogP contribution in [0.5, 0.6) is 0 Å². The van der Waals surface area contributed by atoms with Crippen molar-refractivity contribution in [3.05, 3.63) is 27.1 Å². The summed E-state index contributed by atoms with van der Waals surface area (Å²) < 4.78 is 27.6. The summed E-state index contributed by atoms with van der Waals surface area (Å²) >= 11 is 6.50. The molecule has 1 aromatic carbocycles. The van der Waals surface area contributed by atoms with Crippen molar-refractivity contribution in [2.45, 2.75) is 18.2 Å². The van der Waals surface area contributed by atoms with E-state index in [9.17, 15) is 13.2 Å². The lowest BCUT2D eigenvalue weighted by atomic mass is 10.4. The highest BCUT2D eigenvalue weighted by molar-refractivity contribution is 9.11. The molecule has 112 valence electrons. The van der Waals surface area contributed by atoms with Crippen LogP contribution in [-0.2, 0) is 14.8 Å². The van der Waals surface area contributed by atoms with E-state index >= 15 is 0 Å². The maximum absolute atomic E-state index is 12.6. The second-order valence-electron chi connectivity index (χ2n) is 4.09. The number of halogens is 2. The van der Waals surface area contributed by atoms with Gasteiger partial charge >= 0.3 is 0 Å². The molecule has 0 aliphatic carbocycles. The molecule has 0 radical (unpaired) electrons. The molecule has 1 rings (SSSR count). The van der Waals surface area contributed by atoms with Crippen LogP contribution in [0.15, 0.2) is 32.0 Å². The highest BCUT2D eigenvalue weighted by Crippen LogP contribution is 2.28. The first kappa shape index (κ1) is 17.6. The lowest BCUT2D eigenvalue weighted by Gasteiger charge is -2.21. The minimum atomic E-state index is -3.73. The van der Waals surface area contributed by atoms with E-state index in [1.165, 1.54) is 17.4 Å². The molecule has 0 aliphatic rings. The average molecular weight is 428 g/mol. The molecule has 0 saturated heterocycles. The van der Waals surface area contributed by atoms with Crippen LogP contribution >= 0.6 is 31.9 Å². The second kappa shape index (κ2) is 7.53. The molecule has 20 heavy (non-hydrogen) atoms. The Kier molecular flexibility index (Phi) is 6.63. The maximum Gasteiger partial charge on any atom is 0.244 e. The van der Waals surface area contributed by atoms with Gasteiger partial charge in [0, 0.05) is 22.5 Å². The smallest absolute Gasteiger partial charge is 0.244 e. The molecule has 0 heterocycles. The van der Waals surface area contributed by atoms with Crippen molar-refractivity contribution in [1.82, 2.24) is 9.62 Å². The van der Waals surface area contributed by atoms with Gasteiger partial charge in [-0.25, -0.2) is 8.42 Å². The number of nitrogens with one attached hydrogen (secondary N) is 1. The molecule has 0 bridgehead atoms. The predicted molar refractivity (Wildman–Crippen MR) is 85.0 cm³/mol. The van der Waals surface area contributed by atoms with Gasteiger partial charge in [-0.05, 0) is 40.5 Å². The first-order valence-corrected chi connectivity index (χ1v) is 9.01. The van der Waals surface area contributed by atoms with Crippen molar-refractivity contribution in [1.29, 1.82) is 0 Å². The van der Waals surface area contributed by atoms with Crippen LogP contribution in [-0.4, -0.2) is 38.8 Å². The van der Waals surface area contributed by atoms with Crippen LogP contribution in [0.4, 0.5) is 0 Å². The average Bonchev–Trinajstić information content (AvgIpc) is 2.40. The molecule has 8 heteroatoms. The van der Waals surface area contributed by atoms with Crippen LogP contribution in [0.3, 0.4) is 0 Å². The van der Waals surface area contributed by atoms with E-state index in [2.05, 4.69) is 37.2 Å². The van der Waals surface area contributed by atoms with Gasteiger partial charge in [-0.15, -0.1) is 0 Å². The lowest BCUT2D eigenvalue weighted by molar-refractivity contribution is -0.120. The minimum absolute atomic E-state index is 0.143. The molecule has 0 saturated carbocycles. The van der Waals surface area contributed by atoms with Crippen molar-refractivity contribution >= 4 is 47.8 Å². The van der Waals surface area contributed by atoms with Gasteiger partial charge in [0.15, 0.2) is 0 Å². The van der Waals surface area contributed by atoms with Gasteiger partial charge in [-0.3, -0.25) is 4.79 Å².